The van der Waals surface area contributed by atoms with Crippen LogP contribution in [0.5, 0.6) is 0 Å². The van der Waals surface area contributed by atoms with Gasteiger partial charge in [-0.3, -0.25) is 0 Å². The summed E-state index contributed by atoms with van der Waals surface area (Å²) >= 11 is 1.54. The summed E-state index contributed by atoms with van der Waals surface area (Å²) in [6.07, 6.45) is 0.532. The molecule has 2 rings (SSSR count). The lowest BCUT2D eigenvalue weighted by atomic mass is 10.1. The van der Waals surface area contributed by atoms with Crippen molar-refractivity contribution in [3.8, 4) is 0 Å². The maximum Gasteiger partial charge on any atom is 0.243 e. The smallest absolute Gasteiger partial charge is 0.243 e. The molecule has 0 amide bonds. The van der Waals surface area contributed by atoms with Crippen molar-refractivity contribution < 1.29 is 17.9 Å². The highest BCUT2D eigenvalue weighted by atomic mass is 32.2. The molecule has 0 fully saturated rings. The minimum absolute atomic E-state index is 0.340. The number of nitrogens with one attached hydrogen (secondary N) is 1. The van der Waals surface area contributed by atoms with Gasteiger partial charge in [0.15, 0.2) is 0 Å². The molecule has 0 aliphatic rings. The summed E-state index contributed by atoms with van der Waals surface area (Å²) in [5.41, 5.74) is 1.38. The van der Waals surface area contributed by atoms with E-state index in [9.17, 15) is 12.8 Å². The Morgan fingerprint density at radius 2 is 2.10 bits per heavy atom. The standard InChI is InChI=1S/C14H16FNO3S2/c1-10(6-12-4-5-20-9-12)16-21(18,19)14-7-11(8-17)2-3-13(14)15/h2-5,7,9-10,16-17H,6,8H2,1H3. The van der Waals surface area contributed by atoms with Crippen molar-refractivity contribution in [2.45, 2.75) is 30.9 Å². The highest BCUT2D eigenvalue weighted by Gasteiger charge is 2.22. The van der Waals surface area contributed by atoms with Crippen LogP contribution in [0, 0.1) is 5.82 Å². The fraction of sp³-hybridized carbons (Fsp3) is 0.286. The van der Waals surface area contributed by atoms with Gasteiger partial charge in [0.25, 0.3) is 0 Å². The van der Waals surface area contributed by atoms with Crippen LogP contribution in [0.25, 0.3) is 0 Å². The van der Waals surface area contributed by atoms with E-state index in [0.717, 1.165) is 17.7 Å². The first-order valence-electron chi connectivity index (χ1n) is 6.35. The predicted molar refractivity (Wildman–Crippen MR) is 80.1 cm³/mol. The molecule has 0 aliphatic heterocycles. The van der Waals surface area contributed by atoms with Crippen LogP contribution in [0.15, 0.2) is 39.9 Å². The maximum absolute atomic E-state index is 13.7. The molecule has 0 radical (unpaired) electrons. The molecule has 0 spiro atoms. The van der Waals surface area contributed by atoms with Gasteiger partial charge in [0.05, 0.1) is 6.61 Å². The molecule has 0 aliphatic carbocycles. The second-order valence-corrected chi connectivity index (χ2v) is 7.24. The summed E-state index contributed by atoms with van der Waals surface area (Å²) in [4.78, 5) is -0.439. The van der Waals surface area contributed by atoms with Crippen molar-refractivity contribution in [2.24, 2.45) is 0 Å². The van der Waals surface area contributed by atoms with Crippen molar-refractivity contribution in [1.29, 1.82) is 0 Å². The van der Waals surface area contributed by atoms with E-state index in [-0.39, 0.29) is 12.6 Å². The number of aliphatic hydroxyl groups is 1. The van der Waals surface area contributed by atoms with E-state index in [1.54, 1.807) is 6.92 Å². The Hall–Kier alpha value is -1.28. The molecular formula is C14H16FNO3S2. The van der Waals surface area contributed by atoms with Gasteiger partial charge < -0.3 is 5.11 Å². The second-order valence-electron chi connectivity index (χ2n) is 4.78. The van der Waals surface area contributed by atoms with Crippen LogP contribution in [-0.2, 0) is 23.1 Å². The molecule has 2 aromatic rings. The molecule has 114 valence electrons. The summed E-state index contributed by atoms with van der Waals surface area (Å²) in [5.74, 6) is -0.831. The number of rotatable bonds is 6. The van der Waals surface area contributed by atoms with Gasteiger partial charge in [-0.25, -0.2) is 17.5 Å². The van der Waals surface area contributed by atoms with Crippen LogP contribution in [0.4, 0.5) is 4.39 Å². The highest BCUT2D eigenvalue weighted by Crippen LogP contribution is 2.18. The molecule has 1 aromatic heterocycles. The number of thiophene rings is 1. The zero-order valence-electron chi connectivity index (χ0n) is 11.4. The molecule has 21 heavy (non-hydrogen) atoms. The summed E-state index contributed by atoms with van der Waals surface area (Å²) in [7, 11) is -3.96. The average Bonchev–Trinajstić information content (AvgIpc) is 2.91. The van der Waals surface area contributed by atoms with Crippen molar-refractivity contribution in [1.82, 2.24) is 4.72 Å². The van der Waals surface area contributed by atoms with E-state index in [0.29, 0.717) is 12.0 Å². The molecule has 1 aromatic carbocycles. The Kier molecular flexibility index (Phi) is 5.10. The monoisotopic (exact) mass is 329 g/mol. The van der Waals surface area contributed by atoms with Gasteiger partial charge in [-0.05, 0) is 53.4 Å². The van der Waals surface area contributed by atoms with Crippen molar-refractivity contribution in [2.75, 3.05) is 0 Å². The lowest BCUT2D eigenvalue weighted by Gasteiger charge is -2.14. The quantitative estimate of drug-likeness (QED) is 0.854. The minimum atomic E-state index is -3.96. The first-order chi connectivity index (χ1) is 9.92. The fourth-order valence-corrected chi connectivity index (χ4v) is 4.04. The Bertz CT molecular complexity index is 699. The summed E-state index contributed by atoms with van der Waals surface area (Å²) in [5, 5.41) is 12.9. The molecule has 0 saturated heterocycles. The van der Waals surface area contributed by atoms with Crippen LogP contribution in [0.1, 0.15) is 18.1 Å². The molecule has 0 saturated carbocycles. The minimum Gasteiger partial charge on any atom is -0.392 e. The van der Waals surface area contributed by atoms with Crippen molar-refractivity contribution in [3.63, 3.8) is 0 Å². The van der Waals surface area contributed by atoms with E-state index in [1.807, 2.05) is 16.8 Å². The molecule has 4 nitrogen and oxygen atoms in total. The van der Waals surface area contributed by atoms with Crippen molar-refractivity contribution >= 4 is 21.4 Å². The Morgan fingerprint density at radius 3 is 2.71 bits per heavy atom. The Balaban J connectivity index is 2.18. The third-order valence-corrected chi connectivity index (χ3v) is 5.28. The lowest BCUT2D eigenvalue weighted by molar-refractivity contribution is 0.281. The van der Waals surface area contributed by atoms with E-state index in [4.69, 9.17) is 5.11 Å². The van der Waals surface area contributed by atoms with Crippen LogP contribution in [-0.4, -0.2) is 19.6 Å². The maximum atomic E-state index is 13.7. The van der Waals surface area contributed by atoms with Gasteiger partial charge in [0, 0.05) is 6.04 Å². The van der Waals surface area contributed by atoms with Crippen molar-refractivity contribution in [3.05, 3.63) is 52.0 Å². The van der Waals surface area contributed by atoms with Gasteiger partial charge in [-0.2, -0.15) is 11.3 Å². The molecule has 1 atom stereocenters. The number of hydrogen-bond acceptors (Lipinski definition) is 4. The number of benzene rings is 1. The summed E-state index contributed by atoms with van der Waals surface area (Å²) < 4.78 is 40.6. The van der Waals surface area contributed by atoms with E-state index >= 15 is 0 Å². The lowest BCUT2D eigenvalue weighted by Crippen LogP contribution is -2.34. The first-order valence-corrected chi connectivity index (χ1v) is 8.77. The number of halogens is 1. The van der Waals surface area contributed by atoms with E-state index in [2.05, 4.69) is 4.72 Å². The van der Waals surface area contributed by atoms with Gasteiger partial charge in [0.2, 0.25) is 10.0 Å². The van der Waals surface area contributed by atoms with Gasteiger partial charge in [-0.15, -0.1) is 0 Å². The molecule has 2 N–H and O–H groups in total. The molecule has 0 bridgehead atoms. The third kappa shape index (κ3) is 4.10. The topological polar surface area (TPSA) is 66.4 Å². The predicted octanol–water partition coefficient (Wildman–Crippen LogP) is 2.29. The van der Waals surface area contributed by atoms with E-state index < -0.39 is 20.7 Å². The fourth-order valence-electron chi connectivity index (χ4n) is 1.98. The van der Waals surface area contributed by atoms with Crippen LogP contribution in [0.3, 0.4) is 0 Å². The van der Waals surface area contributed by atoms with Gasteiger partial charge in [0.1, 0.15) is 10.7 Å². The molecule has 1 unspecified atom stereocenters. The normalized spacial score (nSPS) is 13.3. The zero-order chi connectivity index (χ0) is 15.5. The zero-order valence-corrected chi connectivity index (χ0v) is 13.0. The first kappa shape index (κ1) is 16.1. The Labute approximate surface area is 127 Å². The largest absolute Gasteiger partial charge is 0.392 e. The van der Waals surface area contributed by atoms with Gasteiger partial charge in [-0.1, -0.05) is 6.07 Å². The highest BCUT2D eigenvalue weighted by molar-refractivity contribution is 7.89. The molecule has 7 heteroatoms. The number of aliphatic hydroxyl groups excluding tert-OH is 1. The SMILES string of the molecule is CC(Cc1ccsc1)NS(=O)(=O)c1cc(CO)ccc1F. The summed E-state index contributed by atoms with van der Waals surface area (Å²) in [6, 6.07) is 5.10. The third-order valence-electron chi connectivity index (χ3n) is 2.95. The van der Waals surface area contributed by atoms with Gasteiger partial charge >= 0.3 is 0 Å². The molecule has 1 heterocycles. The number of sulfonamides is 1. The second kappa shape index (κ2) is 6.65. The number of hydrogen-bond donors (Lipinski definition) is 2. The van der Waals surface area contributed by atoms with Crippen LogP contribution >= 0.6 is 11.3 Å². The van der Waals surface area contributed by atoms with E-state index in [1.165, 1.54) is 17.4 Å². The van der Waals surface area contributed by atoms with Crippen LogP contribution in [0.2, 0.25) is 0 Å². The Morgan fingerprint density at radius 1 is 1.33 bits per heavy atom. The summed E-state index contributed by atoms with van der Waals surface area (Å²) in [6.45, 7) is 1.39. The van der Waals surface area contributed by atoms with Crippen LogP contribution < -0.4 is 4.72 Å². The average molecular weight is 329 g/mol. The molecular weight excluding hydrogens is 313 g/mol.